The Morgan fingerprint density at radius 1 is 1.67 bits per heavy atom. The molecule has 2 nitrogen and oxygen atoms in total. The summed E-state index contributed by atoms with van der Waals surface area (Å²) in [5, 5.41) is 0. The minimum absolute atomic E-state index is 0.280. The lowest BCUT2D eigenvalue weighted by Crippen LogP contribution is -2.04. The quantitative estimate of drug-likeness (QED) is 0.377. The molecule has 0 fully saturated rings. The lowest BCUT2D eigenvalue weighted by Gasteiger charge is -1.98. The van der Waals surface area contributed by atoms with Gasteiger partial charge in [0.15, 0.2) is 0 Å². The number of esters is 1. The van der Waals surface area contributed by atoms with Gasteiger partial charge in [-0.05, 0) is 0 Å². The van der Waals surface area contributed by atoms with Gasteiger partial charge < -0.3 is 4.74 Å². The van der Waals surface area contributed by atoms with Crippen LogP contribution in [0.1, 0.15) is 6.92 Å². The van der Waals surface area contributed by atoms with Crippen molar-refractivity contribution in [1.82, 2.24) is 0 Å². The molecule has 0 heterocycles. The summed E-state index contributed by atoms with van der Waals surface area (Å²) in [4.78, 5) is 10.1. The molecule has 0 aromatic rings. The van der Waals surface area contributed by atoms with E-state index in [0.29, 0.717) is 12.7 Å². The summed E-state index contributed by atoms with van der Waals surface area (Å²) < 4.78 is 4.58. The number of carbonyl (C=O) groups excluding carboxylic acids is 1. The predicted molar refractivity (Wildman–Crippen MR) is 40.3 cm³/mol. The minimum Gasteiger partial charge on any atom is -0.466 e. The van der Waals surface area contributed by atoms with Crippen molar-refractivity contribution in [3.8, 4) is 0 Å². The Balaban J connectivity index is 3.01. The third kappa shape index (κ3) is 8.27. The maximum Gasteiger partial charge on any atom is 0.302 e. The molecule has 0 aliphatic heterocycles. The highest BCUT2D eigenvalue weighted by Crippen LogP contribution is 2.02. The summed E-state index contributed by atoms with van der Waals surface area (Å²) in [7, 11) is -1.56. The van der Waals surface area contributed by atoms with Gasteiger partial charge >= 0.3 is 5.97 Å². The molecule has 0 aliphatic carbocycles. The second kappa shape index (κ2) is 5.08. The summed E-state index contributed by atoms with van der Waals surface area (Å²) in [5.41, 5.74) is 0. The van der Waals surface area contributed by atoms with Gasteiger partial charge in [0.05, 0.1) is 6.61 Å². The van der Waals surface area contributed by atoms with Crippen LogP contribution in [0.4, 0.5) is 0 Å². The molecule has 0 saturated carbocycles. The van der Waals surface area contributed by atoms with E-state index in [0.717, 1.165) is 0 Å². The SMILES string of the molecule is CC(=O)OCC[SiH](Cl)Cl. The van der Waals surface area contributed by atoms with Crippen molar-refractivity contribution < 1.29 is 9.53 Å². The third-order valence-electron chi connectivity index (χ3n) is 0.641. The normalized spacial score (nSPS) is 9.78. The molecule has 0 saturated heterocycles. The number of halogens is 2. The van der Waals surface area contributed by atoms with Gasteiger partial charge in [0.1, 0.15) is 0 Å². The molecule has 0 radical (unpaired) electrons. The largest absolute Gasteiger partial charge is 0.466 e. The Labute approximate surface area is 65.1 Å². The van der Waals surface area contributed by atoms with Crippen molar-refractivity contribution in [3.05, 3.63) is 0 Å². The number of hydrogen-bond acceptors (Lipinski definition) is 2. The summed E-state index contributed by atoms with van der Waals surface area (Å²) in [6.07, 6.45) is 0. The van der Waals surface area contributed by atoms with Crippen molar-refractivity contribution in [2.45, 2.75) is 13.0 Å². The lowest BCUT2D eigenvalue weighted by atomic mass is 10.8. The van der Waals surface area contributed by atoms with Crippen LogP contribution >= 0.6 is 22.2 Å². The van der Waals surface area contributed by atoms with Gasteiger partial charge in [-0.1, -0.05) is 0 Å². The molecule has 0 amide bonds. The van der Waals surface area contributed by atoms with E-state index < -0.39 is 7.42 Å². The first-order chi connectivity index (χ1) is 4.13. The maximum absolute atomic E-state index is 10.1. The molecule has 0 N–H and O–H groups in total. The van der Waals surface area contributed by atoms with Crippen LogP contribution in [0.2, 0.25) is 6.04 Å². The van der Waals surface area contributed by atoms with E-state index in [1.54, 1.807) is 0 Å². The molecule has 0 rings (SSSR count). The first-order valence-electron chi connectivity index (χ1n) is 2.54. The summed E-state index contributed by atoms with van der Waals surface area (Å²) in [5.74, 6) is -0.280. The average Bonchev–Trinajstić information content (AvgIpc) is 1.63. The molecule has 0 atom stereocenters. The van der Waals surface area contributed by atoms with Crippen LogP contribution in [-0.2, 0) is 9.53 Å². The van der Waals surface area contributed by atoms with E-state index in [2.05, 4.69) is 4.74 Å². The van der Waals surface area contributed by atoms with Crippen molar-refractivity contribution in [1.29, 1.82) is 0 Å². The van der Waals surface area contributed by atoms with Crippen LogP contribution in [0.3, 0.4) is 0 Å². The van der Waals surface area contributed by atoms with Crippen LogP contribution in [0.5, 0.6) is 0 Å². The van der Waals surface area contributed by atoms with Gasteiger partial charge in [0.2, 0.25) is 7.42 Å². The smallest absolute Gasteiger partial charge is 0.302 e. The molecule has 0 aliphatic rings. The highest BCUT2D eigenvalue weighted by Gasteiger charge is 2.01. The standard InChI is InChI=1S/C4H8Cl2O2Si/c1-4(7)8-2-3-9(5)6/h9H,2-3H2,1H3. The summed E-state index contributed by atoms with van der Waals surface area (Å²) in [6.45, 7) is 1.72. The number of hydrogen-bond donors (Lipinski definition) is 0. The maximum atomic E-state index is 10.1. The van der Waals surface area contributed by atoms with E-state index in [9.17, 15) is 4.79 Å². The van der Waals surface area contributed by atoms with Gasteiger partial charge in [-0.25, -0.2) is 0 Å². The van der Waals surface area contributed by atoms with Gasteiger partial charge in [0, 0.05) is 13.0 Å². The van der Waals surface area contributed by atoms with Crippen LogP contribution in [0, 0.1) is 0 Å². The van der Waals surface area contributed by atoms with Gasteiger partial charge in [-0.15, -0.1) is 0 Å². The van der Waals surface area contributed by atoms with Gasteiger partial charge in [0.25, 0.3) is 0 Å². The Bertz CT molecular complexity index is 96.6. The monoisotopic (exact) mass is 186 g/mol. The minimum atomic E-state index is -1.56. The van der Waals surface area contributed by atoms with Crippen molar-refractivity contribution in [2.75, 3.05) is 6.61 Å². The fourth-order valence-corrected chi connectivity index (χ4v) is 1.12. The second-order valence-electron chi connectivity index (χ2n) is 1.52. The zero-order valence-corrected chi connectivity index (χ0v) is 7.73. The molecule has 9 heavy (non-hydrogen) atoms. The van der Waals surface area contributed by atoms with E-state index in [4.69, 9.17) is 22.2 Å². The lowest BCUT2D eigenvalue weighted by molar-refractivity contribution is -0.140. The molecule has 0 spiro atoms. The molecule has 5 heteroatoms. The fourth-order valence-electron chi connectivity index (χ4n) is 0.292. The van der Waals surface area contributed by atoms with E-state index in [1.165, 1.54) is 6.92 Å². The van der Waals surface area contributed by atoms with Gasteiger partial charge in [-0.3, -0.25) is 4.79 Å². The Hall–Kier alpha value is 0.267. The first kappa shape index (κ1) is 9.27. The Morgan fingerprint density at radius 3 is 2.56 bits per heavy atom. The van der Waals surface area contributed by atoms with Crippen molar-refractivity contribution in [2.24, 2.45) is 0 Å². The second-order valence-corrected chi connectivity index (χ2v) is 6.71. The third-order valence-corrected chi connectivity index (χ3v) is 2.62. The summed E-state index contributed by atoms with van der Waals surface area (Å²) in [6, 6.07) is 0.628. The van der Waals surface area contributed by atoms with Crippen LogP contribution in [0.15, 0.2) is 0 Å². The van der Waals surface area contributed by atoms with Crippen molar-refractivity contribution in [3.63, 3.8) is 0 Å². The van der Waals surface area contributed by atoms with Crippen molar-refractivity contribution >= 4 is 35.5 Å². The molecular weight excluding hydrogens is 179 g/mol. The highest BCUT2D eigenvalue weighted by atomic mass is 35.7. The predicted octanol–water partition coefficient (Wildman–Crippen LogP) is 1.25. The zero-order chi connectivity index (χ0) is 7.28. The first-order valence-corrected chi connectivity index (χ1v) is 6.85. The molecule has 0 bridgehead atoms. The topological polar surface area (TPSA) is 26.3 Å². The zero-order valence-electron chi connectivity index (χ0n) is 5.06. The molecule has 0 unspecified atom stereocenters. The van der Waals surface area contributed by atoms with Gasteiger partial charge in [-0.2, -0.15) is 22.2 Å². The Morgan fingerprint density at radius 2 is 2.22 bits per heavy atom. The van der Waals surface area contributed by atoms with E-state index >= 15 is 0 Å². The average molecular weight is 187 g/mol. The molecule has 54 valence electrons. The van der Waals surface area contributed by atoms with Crippen LogP contribution < -0.4 is 0 Å². The molecule has 0 aromatic carbocycles. The van der Waals surface area contributed by atoms with Crippen LogP contribution in [-0.4, -0.2) is 20.0 Å². The number of rotatable bonds is 3. The summed E-state index contributed by atoms with van der Waals surface area (Å²) >= 11 is 10.9. The number of carbonyl (C=O) groups is 1. The Kier molecular flexibility index (Phi) is 5.23. The fraction of sp³-hybridized carbons (Fsp3) is 0.750. The number of ether oxygens (including phenoxy) is 1. The molecule has 0 aromatic heterocycles. The van der Waals surface area contributed by atoms with E-state index in [-0.39, 0.29) is 5.97 Å². The van der Waals surface area contributed by atoms with Crippen LogP contribution in [0.25, 0.3) is 0 Å². The highest BCUT2D eigenvalue weighted by molar-refractivity contribution is 7.33. The molecular formula is C4H8Cl2O2Si. The van der Waals surface area contributed by atoms with E-state index in [1.807, 2.05) is 0 Å².